The lowest BCUT2D eigenvalue weighted by Crippen LogP contribution is -2.04. The molecule has 1 heteroatoms. The number of hydrogen-bond donors (Lipinski definition) is 1. The molecule has 0 amide bonds. The smallest absolute Gasteiger partial charge is 0.0384 e. The minimum atomic E-state index is 0.786. The summed E-state index contributed by atoms with van der Waals surface area (Å²) in [5.41, 5.74) is 3.78. The van der Waals surface area contributed by atoms with Gasteiger partial charge in [0.1, 0.15) is 0 Å². The fourth-order valence-corrected chi connectivity index (χ4v) is 2.91. The van der Waals surface area contributed by atoms with E-state index in [9.17, 15) is 0 Å². The van der Waals surface area contributed by atoms with E-state index in [0.717, 1.165) is 17.3 Å². The van der Waals surface area contributed by atoms with E-state index in [1.54, 1.807) is 0 Å². The van der Waals surface area contributed by atoms with Crippen molar-refractivity contribution in [1.29, 1.82) is 0 Å². The monoisotopic (exact) mass is 250 g/mol. The van der Waals surface area contributed by atoms with Crippen LogP contribution in [0.25, 0.3) is 0 Å². The Balaban J connectivity index is 1.68. The van der Waals surface area contributed by atoms with Crippen LogP contribution in [-0.2, 0) is 0 Å². The zero-order valence-corrected chi connectivity index (χ0v) is 11.2. The average molecular weight is 250 g/mol. The summed E-state index contributed by atoms with van der Waals surface area (Å²) in [5.74, 6) is 0.786. The maximum absolute atomic E-state index is 3.41. The van der Waals surface area contributed by atoms with Gasteiger partial charge in [0.15, 0.2) is 0 Å². The van der Waals surface area contributed by atoms with Crippen LogP contribution in [0.4, 0.5) is 11.4 Å². The zero-order chi connectivity index (χ0) is 12.9. The summed E-state index contributed by atoms with van der Waals surface area (Å²) in [6, 6.07) is 19.9. The molecule has 0 atom stereocenters. The minimum absolute atomic E-state index is 0.786. The molecule has 1 aliphatic rings. The lowest BCUT2D eigenvalue weighted by atomic mass is 9.84. The van der Waals surface area contributed by atoms with Gasteiger partial charge in [-0.15, -0.1) is 0 Å². The summed E-state index contributed by atoms with van der Waals surface area (Å²) in [5, 5.41) is 3.41. The highest BCUT2D eigenvalue weighted by Crippen LogP contribution is 2.33. The summed E-state index contributed by atoms with van der Waals surface area (Å²) in [4.78, 5) is 0. The van der Waals surface area contributed by atoms with E-state index in [1.165, 1.54) is 37.7 Å². The largest absolute Gasteiger partial charge is 0.356 e. The van der Waals surface area contributed by atoms with Gasteiger partial charge in [0.25, 0.3) is 0 Å². The van der Waals surface area contributed by atoms with E-state index in [-0.39, 0.29) is 0 Å². The maximum Gasteiger partial charge on any atom is 0.0384 e. The molecule has 2 aromatic carbocycles. The Morgan fingerprint density at radius 2 is 1.42 bits per heavy atom. The highest BCUT2D eigenvalue weighted by atomic mass is 14.9. The zero-order valence-electron chi connectivity index (χ0n) is 11.2. The fourth-order valence-electron chi connectivity index (χ4n) is 2.91. The van der Waals surface area contributed by atoms with Crippen LogP contribution in [0.15, 0.2) is 48.5 Å². The molecule has 0 aliphatic heterocycles. The van der Waals surface area contributed by atoms with Crippen LogP contribution in [-0.4, -0.2) is 0 Å². The number of benzene rings is 2. The SMILES string of the molecule is [c]1ccc(Nc2ccc(C3CCCCC3)cc2)cc1. The van der Waals surface area contributed by atoms with Crippen LogP contribution in [0.5, 0.6) is 0 Å². The standard InChI is InChI=1S/C18H20N/c1-3-7-15(8-4-1)16-11-13-18(14-12-16)19-17-9-5-2-6-10-17/h5-6,9-15,19H,1,3-4,7-8H2. The molecule has 0 heterocycles. The van der Waals surface area contributed by atoms with Crippen molar-refractivity contribution in [1.82, 2.24) is 0 Å². The molecule has 1 aliphatic carbocycles. The van der Waals surface area contributed by atoms with Crippen LogP contribution < -0.4 is 5.32 Å². The molecule has 0 spiro atoms. The molecular formula is C18H20N. The highest BCUT2D eigenvalue weighted by Gasteiger charge is 2.14. The van der Waals surface area contributed by atoms with Gasteiger partial charge in [0.2, 0.25) is 0 Å². The minimum Gasteiger partial charge on any atom is -0.356 e. The molecule has 2 aromatic rings. The topological polar surface area (TPSA) is 12.0 Å². The van der Waals surface area contributed by atoms with E-state index >= 15 is 0 Å². The fraction of sp³-hybridized carbons (Fsp3) is 0.333. The predicted octanol–water partition coefficient (Wildman–Crippen LogP) is 5.28. The number of rotatable bonds is 3. The first-order chi connectivity index (χ1) is 9.42. The number of nitrogens with one attached hydrogen (secondary N) is 1. The first-order valence-corrected chi connectivity index (χ1v) is 7.25. The molecule has 1 fully saturated rings. The summed E-state index contributed by atoms with van der Waals surface area (Å²) < 4.78 is 0. The molecule has 0 unspecified atom stereocenters. The summed E-state index contributed by atoms with van der Waals surface area (Å²) in [6.45, 7) is 0. The molecule has 0 saturated heterocycles. The third kappa shape index (κ3) is 3.17. The Labute approximate surface area is 115 Å². The van der Waals surface area contributed by atoms with Gasteiger partial charge in [0.05, 0.1) is 0 Å². The number of anilines is 2. The van der Waals surface area contributed by atoms with E-state index in [2.05, 4.69) is 35.6 Å². The molecular weight excluding hydrogens is 230 g/mol. The second-order valence-corrected chi connectivity index (χ2v) is 5.37. The Bertz CT molecular complexity index is 495. The van der Waals surface area contributed by atoms with Crippen molar-refractivity contribution in [2.45, 2.75) is 38.0 Å². The summed E-state index contributed by atoms with van der Waals surface area (Å²) >= 11 is 0. The van der Waals surface area contributed by atoms with Gasteiger partial charge in [-0.25, -0.2) is 0 Å². The van der Waals surface area contributed by atoms with E-state index in [4.69, 9.17) is 0 Å². The normalized spacial score (nSPS) is 16.2. The molecule has 1 radical (unpaired) electrons. The maximum atomic E-state index is 3.41. The molecule has 3 rings (SSSR count). The van der Waals surface area contributed by atoms with Gasteiger partial charge in [-0.05, 0) is 54.7 Å². The van der Waals surface area contributed by atoms with Gasteiger partial charge >= 0.3 is 0 Å². The van der Waals surface area contributed by atoms with Crippen LogP contribution >= 0.6 is 0 Å². The van der Waals surface area contributed by atoms with E-state index in [0.29, 0.717) is 0 Å². The van der Waals surface area contributed by atoms with Gasteiger partial charge in [-0.1, -0.05) is 43.5 Å². The molecule has 1 nitrogen and oxygen atoms in total. The Morgan fingerprint density at radius 3 is 2.11 bits per heavy atom. The van der Waals surface area contributed by atoms with Crippen molar-refractivity contribution < 1.29 is 0 Å². The summed E-state index contributed by atoms with van der Waals surface area (Å²) in [7, 11) is 0. The molecule has 0 bridgehead atoms. The Kier molecular flexibility index (Phi) is 3.83. The average Bonchev–Trinajstić information content (AvgIpc) is 2.50. The van der Waals surface area contributed by atoms with Crippen LogP contribution in [0.1, 0.15) is 43.6 Å². The van der Waals surface area contributed by atoms with Gasteiger partial charge in [0, 0.05) is 11.4 Å². The number of hydrogen-bond acceptors (Lipinski definition) is 1. The van der Waals surface area contributed by atoms with Crippen molar-refractivity contribution in [3.8, 4) is 0 Å². The van der Waals surface area contributed by atoms with Crippen molar-refractivity contribution in [2.24, 2.45) is 0 Å². The highest BCUT2D eigenvalue weighted by molar-refractivity contribution is 5.59. The molecule has 97 valence electrons. The van der Waals surface area contributed by atoms with Gasteiger partial charge in [-0.3, -0.25) is 0 Å². The predicted molar refractivity (Wildman–Crippen MR) is 80.8 cm³/mol. The molecule has 19 heavy (non-hydrogen) atoms. The lowest BCUT2D eigenvalue weighted by molar-refractivity contribution is 0.443. The molecule has 1 saturated carbocycles. The van der Waals surface area contributed by atoms with Gasteiger partial charge in [-0.2, -0.15) is 0 Å². The quantitative estimate of drug-likeness (QED) is 0.781. The molecule has 0 aromatic heterocycles. The van der Waals surface area contributed by atoms with Gasteiger partial charge < -0.3 is 5.32 Å². The van der Waals surface area contributed by atoms with Crippen molar-refractivity contribution in [2.75, 3.05) is 5.32 Å². The third-order valence-corrected chi connectivity index (χ3v) is 3.99. The summed E-state index contributed by atoms with van der Waals surface area (Å²) in [6.07, 6.45) is 6.93. The van der Waals surface area contributed by atoms with Crippen LogP contribution in [0, 0.1) is 6.07 Å². The molecule has 1 N–H and O–H groups in total. The van der Waals surface area contributed by atoms with Crippen molar-refractivity contribution in [3.05, 3.63) is 60.2 Å². The van der Waals surface area contributed by atoms with Crippen molar-refractivity contribution in [3.63, 3.8) is 0 Å². The van der Waals surface area contributed by atoms with Crippen molar-refractivity contribution >= 4 is 11.4 Å². The van der Waals surface area contributed by atoms with Crippen LogP contribution in [0.3, 0.4) is 0 Å². The van der Waals surface area contributed by atoms with Crippen LogP contribution in [0.2, 0.25) is 0 Å². The second kappa shape index (κ2) is 5.92. The van der Waals surface area contributed by atoms with E-state index in [1.807, 2.05) is 24.3 Å². The Hall–Kier alpha value is -1.76. The Morgan fingerprint density at radius 1 is 0.789 bits per heavy atom. The lowest BCUT2D eigenvalue weighted by Gasteiger charge is -2.22. The first-order valence-electron chi connectivity index (χ1n) is 7.25. The first kappa shape index (κ1) is 12.3. The second-order valence-electron chi connectivity index (χ2n) is 5.37. The van der Waals surface area contributed by atoms with E-state index < -0.39 is 0 Å². The third-order valence-electron chi connectivity index (χ3n) is 3.99.